The van der Waals surface area contributed by atoms with Crippen molar-refractivity contribution in [3.8, 4) is 0 Å². The lowest BCUT2D eigenvalue weighted by molar-refractivity contribution is -0.155. The Hall–Kier alpha value is -0.420. The Balaban J connectivity index is 2.05. The molecule has 1 unspecified atom stereocenters. The molecule has 3 nitrogen and oxygen atoms in total. The van der Waals surface area contributed by atoms with E-state index in [-0.39, 0.29) is 12.2 Å². The Morgan fingerprint density at radius 3 is 2.82 bits per heavy atom. The highest BCUT2D eigenvalue weighted by Gasteiger charge is 2.25. The molecule has 1 aromatic carbocycles. The molecule has 2 rings (SSSR count). The highest BCUT2D eigenvalue weighted by molar-refractivity contribution is 9.10. The minimum absolute atomic E-state index is 0.0828. The molecule has 1 atom stereocenters. The van der Waals surface area contributed by atoms with E-state index in [1.807, 2.05) is 12.1 Å². The first kappa shape index (κ1) is 13.0. The maximum Gasteiger partial charge on any atom is 0.105 e. The van der Waals surface area contributed by atoms with E-state index in [9.17, 15) is 0 Å². The van der Waals surface area contributed by atoms with Crippen molar-refractivity contribution in [3.63, 3.8) is 0 Å². The molecule has 1 aliphatic rings. The van der Waals surface area contributed by atoms with Crippen LogP contribution in [0.15, 0.2) is 28.7 Å². The number of halogens is 1. The molecule has 0 aliphatic carbocycles. The molecule has 0 spiro atoms. The van der Waals surface area contributed by atoms with Crippen molar-refractivity contribution in [2.24, 2.45) is 0 Å². The third-order valence-electron chi connectivity index (χ3n) is 2.80. The summed E-state index contributed by atoms with van der Waals surface area (Å²) in [6, 6.07) is 8.21. The van der Waals surface area contributed by atoms with Gasteiger partial charge in [-0.15, -0.1) is 0 Å². The first-order valence-electron chi connectivity index (χ1n) is 5.99. The van der Waals surface area contributed by atoms with Crippen LogP contribution in [0.5, 0.6) is 0 Å². The molecule has 0 radical (unpaired) electrons. The minimum Gasteiger partial charge on any atom is -0.376 e. The SMILES string of the molecule is CCNCC(OC1COC1)c1ccccc1Br. The van der Waals surface area contributed by atoms with Gasteiger partial charge in [0.1, 0.15) is 6.10 Å². The second-order valence-electron chi connectivity index (χ2n) is 4.11. The van der Waals surface area contributed by atoms with Gasteiger partial charge >= 0.3 is 0 Å². The Kier molecular flexibility index (Phi) is 4.98. The van der Waals surface area contributed by atoms with Crippen LogP contribution >= 0.6 is 15.9 Å². The van der Waals surface area contributed by atoms with Crippen LogP contribution in [0.3, 0.4) is 0 Å². The Bertz CT molecular complexity index is 355. The van der Waals surface area contributed by atoms with Crippen molar-refractivity contribution >= 4 is 15.9 Å². The normalized spacial score (nSPS) is 17.8. The van der Waals surface area contributed by atoms with E-state index in [1.54, 1.807) is 0 Å². The number of ether oxygens (including phenoxy) is 2. The topological polar surface area (TPSA) is 30.5 Å². The number of hydrogen-bond acceptors (Lipinski definition) is 3. The fourth-order valence-electron chi connectivity index (χ4n) is 1.77. The van der Waals surface area contributed by atoms with Crippen molar-refractivity contribution in [1.29, 1.82) is 0 Å². The van der Waals surface area contributed by atoms with Gasteiger partial charge in [0.05, 0.1) is 19.3 Å². The fraction of sp³-hybridized carbons (Fsp3) is 0.538. The van der Waals surface area contributed by atoms with Gasteiger partial charge in [0.15, 0.2) is 0 Å². The number of likely N-dealkylation sites (N-methyl/N-ethyl adjacent to an activating group) is 1. The van der Waals surface area contributed by atoms with Gasteiger partial charge in [-0.05, 0) is 18.2 Å². The molecule has 1 aromatic rings. The largest absolute Gasteiger partial charge is 0.376 e. The molecule has 4 heteroatoms. The summed E-state index contributed by atoms with van der Waals surface area (Å²) >= 11 is 3.58. The molecule has 0 saturated carbocycles. The second kappa shape index (κ2) is 6.50. The average Bonchev–Trinajstić information content (AvgIpc) is 2.28. The van der Waals surface area contributed by atoms with Gasteiger partial charge < -0.3 is 14.8 Å². The van der Waals surface area contributed by atoms with Crippen LogP contribution in [0, 0.1) is 0 Å². The van der Waals surface area contributed by atoms with Crippen molar-refractivity contribution in [1.82, 2.24) is 5.32 Å². The van der Waals surface area contributed by atoms with Crippen molar-refractivity contribution in [3.05, 3.63) is 34.3 Å². The number of benzene rings is 1. The fourth-order valence-corrected chi connectivity index (χ4v) is 2.31. The Morgan fingerprint density at radius 2 is 2.24 bits per heavy atom. The van der Waals surface area contributed by atoms with E-state index >= 15 is 0 Å². The first-order chi connectivity index (χ1) is 8.31. The van der Waals surface area contributed by atoms with Gasteiger partial charge in [-0.3, -0.25) is 0 Å². The van der Waals surface area contributed by atoms with Crippen molar-refractivity contribution in [2.75, 3.05) is 26.3 Å². The summed E-state index contributed by atoms with van der Waals surface area (Å²) in [5.41, 5.74) is 1.19. The predicted molar refractivity (Wildman–Crippen MR) is 71.1 cm³/mol. The lowest BCUT2D eigenvalue weighted by Gasteiger charge is -2.31. The third-order valence-corrected chi connectivity index (χ3v) is 3.52. The smallest absolute Gasteiger partial charge is 0.105 e. The Labute approximate surface area is 111 Å². The molecule has 1 saturated heterocycles. The van der Waals surface area contributed by atoms with Crippen molar-refractivity contribution in [2.45, 2.75) is 19.1 Å². The highest BCUT2D eigenvalue weighted by Crippen LogP contribution is 2.27. The van der Waals surface area contributed by atoms with E-state index in [1.165, 1.54) is 5.56 Å². The van der Waals surface area contributed by atoms with Crippen molar-refractivity contribution < 1.29 is 9.47 Å². The van der Waals surface area contributed by atoms with Crippen LogP contribution in [0.2, 0.25) is 0 Å². The molecule has 17 heavy (non-hydrogen) atoms. The number of hydrogen-bond donors (Lipinski definition) is 1. The van der Waals surface area contributed by atoms with E-state index in [0.717, 1.165) is 17.6 Å². The van der Waals surface area contributed by atoms with Gasteiger partial charge in [0, 0.05) is 11.0 Å². The van der Waals surface area contributed by atoms with Gasteiger partial charge in [0.25, 0.3) is 0 Å². The van der Waals surface area contributed by atoms with Crippen LogP contribution in [0.25, 0.3) is 0 Å². The molecule has 1 fully saturated rings. The molecule has 0 bridgehead atoms. The zero-order chi connectivity index (χ0) is 12.1. The molecular weight excluding hydrogens is 282 g/mol. The highest BCUT2D eigenvalue weighted by atomic mass is 79.9. The van der Waals surface area contributed by atoms with Gasteiger partial charge in [-0.2, -0.15) is 0 Å². The van der Waals surface area contributed by atoms with Crippen LogP contribution in [0.4, 0.5) is 0 Å². The lowest BCUT2D eigenvalue weighted by atomic mass is 10.1. The second-order valence-corrected chi connectivity index (χ2v) is 4.97. The van der Waals surface area contributed by atoms with Crippen LogP contribution in [-0.2, 0) is 9.47 Å². The maximum absolute atomic E-state index is 6.04. The summed E-state index contributed by atoms with van der Waals surface area (Å²) in [4.78, 5) is 0. The Morgan fingerprint density at radius 1 is 1.47 bits per heavy atom. The molecule has 0 amide bonds. The van der Waals surface area contributed by atoms with E-state index in [0.29, 0.717) is 13.2 Å². The van der Waals surface area contributed by atoms with Crippen LogP contribution in [0.1, 0.15) is 18.6 Å². The molecule has 94 valence electrons. The molecule has 1 N–H and O–H groups in total. The standard InChI is InChI=1S/C13H18BrNO2/c1-2-15-7-13(17-10-8-16-9-10)11-5-3-4-6-12(11)14/h3-6,10,13,15H,2,7-9H2,1H3. The summed E-state index contributed by atoms with van der Waals surface area (Å²) in [6.07, 6.45) is 0.324. The molecule has 0 aromatic heterocycles. The van der Waals surface area contributed by atoms with Crippen LogP contribution in [-0.4, -0.2) is 32.4 Å². The first-order valence-corrected chi connectivity index (χ1v) is 6.79. The summed E-state index contributed by atoms with van der Waals surface area (Å²) in [5.74, 6) is 0. The number of rotatable bonds is 6. The van der Waals surface area contributed by atoms with Gasteiger partial charge in [-0.25, -0.2) is 0 Å². The third kappa shape index (κ3) is 3.52. The monoisotopic (exact) mass is 299 g/mol. The quantitative estimate of drug-likeness (QED) is 0.875. The van der Waals surface area contributed by atoms with E-state index < -0.39 is 0 Å². The summed E-state index contributed by atoms with van der Waals surface area (Å²) in [5, 5.41) is 3.34. The molecule has 1 aliphatic heterocycles. The zero-order valence-electron chi connectivity index (χ0n) is 9.99. The zero-order valence-corrected chi connectivity index (χ0v) is 11.6. The molecule has 1 heterocycles. The lowest BCUT2D eigenvalue weighted by Crippen LogP contribution is -2.39. The maximum atomic E-state index is 6.04. The summed E-state index contributed by atoms with van der Waals surface area (Å²) in [6.45, 7) is 5.31. The average molecular weight is 300 g/mol. The minimum atomic E-state index is 0.0828. The van der Waals surface area contributed by atoms with Gasteiger partial charge in [0.2, 0.25) is 0 Å². The molecular formula is C13H18BrNO2. The van der Waals surface area contributed by atoms with Gasteiger partial charge in [-0.1, -0.05) is 41.1 Å². The predicted octanol–water partition coefficient (Wildman–Crippen LogP) is 2.52. The number of nitrogens with one attached hydrogen (secondary N) is 1. The summed E-state index contributed by atoms with van der Waals surface area (Å²) < 4.78 is 12.3. The summed E-state index contributed by atoms with van der Waals surface area (Å²) in [7, 11) is 0. The van der Waals surface area contributed by atoms with Crippen LogP contribution < -0.4 is 5.32 Å². The van der Waals surface area contributed by atoms with E-state index in [2.05, 4.69) is 40.3 Å². The van der Waals surface area contributed by atoms with E-state index in [4.69, 9.17) is 9.47 Å².